The lowest BCUT2D eigenvalue weighted by atomic mass is 9.43. The van der Waals surface area contributed by atoms with Gasteiger partial charge >= 0.3 is 25.3 Å². The number of amides is 2. The minimum Gasteiger partial charge on any atom is -0.486 e. The molecule has 5 atom stereocenters. The van der Waals surface area contributed by atoms with Crippen LogP contribution in [0.5, 0.6) is 11.5 Å². The highest BCUT2D eigenvalue weighted by Crippen LogP contribution is 2.65. The van der Waals surface area contributed by atoms with Gasteiger partial charge in [0.25, 0.3) is 0 Å². The number of carbonyl (C=O) groups excluding carboxylic acids is 4. The van der Waals surface area contributed by atoms with Crippen LogP contribution in [0, 0.1) is 17.3 Å². The molecule has 3 saturated heterocycles. The highest BCUT2D eigenvalue weighted by atomic mass is 16.7. The minimum atomic E-state index is -0.976. The molecular formula is C41H61BN2O11. The molecule has 3 aliphatic carbocycles. The van der Waals surface area contributed by atoms with E-state index < -0.39 is 54.3 Å². The number of hydrogen-bond acceptors (Lipinski definition) is 11. The summed E-state index contributed by atoms with van der Waals surface area (Å²) < 4.78 is 42.4. The summed E-state index contributed by atoms with van der Waals surface area (Å²) in [6, 6.07) is 2.83. The Kier molecular flexibility index (Phi) is 10.8. The molecule has 1 aromatic carbocycles. The Morgan fingerprint density at radius 1 is 0.891 bits per heavy atom. The van der Waals surface area contributed by atoms with Crippen molar-refractivity contribution in [1.82, 2.24) is 9.80 Å². The van der Waals surface area contributed by atoms with Crippen LogP contribution >= 0.6 is 0 Å². The zero-order valence-electron chi connectivity index (χ0n) is 34.9. The number of aryl methyl sites for hydroxylation is 1. The molecule has 0 unspecified atom stereocenters. The Morgan fingerprint density at radius 3 is 2.16 bits per heavy atom. The molecule has 0 radical (unpaired) electrons. The monoisotopic (exact) mass is 768 g/mol. The van der Waals surface area contributed by atoms with Gasteiger partial charge in [-0.2, -0.15) is 0 Å². The number of esters is 1. The van der Waals surface area contributed by atoms with Crippen molar-refractivity contribution >= 4 is 31.2 Å². The molecule has 304 valence electrons. The lowest BCUT2D eigenvalue weighted by molar-refractivity contribution is -0.199. The number of hydrogen-bond donors (Lipinski definition) is 0. The topological polar surface area (TPSA) is 139 Å². The van der Waals surface area contributed by atoms with E-state index in [0.717, 1.165) is 12.8 Å². The van der Waals surface area contributed by atoms with E-state index in [0.29, 0.717) is 49.5 Å². The van der Waals surface area contributed by atoms with Crippen molar-refractivity contribution in [1.29, 1.82) is 0 Å². The lowest BCUT2D eigenvalue weighted by Crippen LogP contribution is -2.65. The summed E-state index contributed by atoms with van der Waals surface area (Å²) in [5, 5.41) is 0. The third-order valence-electron chi connectivity index (χ3n) is 11.6. The smallest absolute Gasteiger partial charge is 0.486 e. The van der Waals surface area contributed by atoms with Crippen molar-refractivity contribution < 1.29 is 52.2 Å². The fraction of sp³-hybridized carbons (Fsp3) is 0.756. The summed E-state index contributed by atoms with van der Waals surface area (Å²) in [5.74, 6) is 0.255. The number of benzene rings is 1. The van der Waals surface area contributed by atoms with Crippen LogP contribution in [-0.2, 0) is 34.7 Å². The lowest BCUT2D eigenvalue weighted by Gasteiger charge is -2.64. The molecule has 3 heterocycles. The van der Waals surface area contributed by atoms with Crippen LogP contribution in [0.3, 0.4) is 0 Å². The van der Waals surface area contributed by atoms with Crippen molar-refractivity contribution in [2.24, 2.45) is 17.3 Å². The van der Waals surface area contributed by atoms with Crippen LogP contribution in [-0.4, -0.2) is 101 Å². The van der Waals surface area contributed by atoms with Gasteiger partial charge in [-0.1, -0.05) is 19.9 Å². The first-order valence-electron chi connectivity index (χ1n) is 19.9. The van der Waals surface area contributed by atoms with Crippen molar-refractivity contribution in [3.8, 4) is 11.5 Å². The molecule has 1 aromatic rings. The van der Waals surface area contributed by atoms with Gasteiger partial charge in [-0.05, 0) is 137 Å². The molecule has 7 rings (SSSR count). The van der Waals surface area contributed by atoms with Crippen LogP contribution in [0.4, 0.5) is 9.59 Å². The number of nitrogens with zero attached hydrogens (tertiary/aromatic N) is 2. The molecule has 0 N–H and O–H groups in total. The molecule has 2 bridgehead atoms. The van der Waals surface area contributed by atoms with Gasteiger partial charge in [-0.15, -0.1) is 0 Å². The molecule has 3 saturated carbocycles. The van der Waals surface area contributed by atoms with E-state index in [1.54, 1.807) is 79.3 Å². The van der Waals surface area contributed by atoms with E-state index in [4.69, 9.17) is 33.0 Å². The number of rotatable bonds is 8. The summed E-state index contributed by atoms with van der Waals surface area (Å²) in [6.45, 7) is 23.6. The van der Waals surface area contributed by atoms with Crippen molar-refractivity contribution in [2.75, 3.05) is 19.6 Å². The molecule has 13 nitrogen and oxygen atoms in total. The Balaban J connectivity index is 1.22. The summed E-state index contributed by atoms with van der Waals surface area (Å²) in [4.78, 5) is 56.8. The van der Waals surface area contributed by atoms with Gasteiger partial charge in [0.1, 0.15) is 40.3 Å². The van der Waals surface area contributed by atoms with Crippen LogP contribution in [0.15, 0.2) is 12.1 Å². The van der Waals surface area contributed by atoms with E-state index in [-0.39, 0.29) is 53.2 Å². The third kappa shape index (κ3) is 8.75. The third-order valence-corrected chi connectivity index (χ3v) is 11.6. The predicted octanol–water partition coefficient (Wildman–Crippen LogP) is 7.22. The largest absolute Gasteiger partial charge is 0.514 e. The molecule has 6 fully saturated rings. The Bertz CT molecular complexity index is 1670. The van der Waals surface area contributed by atoms with Gasteiger partial charge in [0, 0.05) is 6.54 Å². The maximum absolute atomic E-state index is 14.0. The van der Waals surface area contributed by atoms with Crippen molar-refractivity contribution in [3.05, 3.63) is 23.3 Å². The molecule has 14 heteroatoms. The first-order valence-corrected chi connectivity index (χ1v) is 19.9. The van der Waals surface area contributed by atoms with Gasteiger partial charge in [0.15, 0.2) is 5.75 Å². The van der Waals surface area contributed by atoms with Gasteiger partial charge in [0.05, 0.1) is 24.8 Å². The Morgan fingerprint density at radius 2 is 1.55 bits per heavy atom. The first-order chi connectivity index (χ1) is 25.3. The second-order valence-corrected chi connectivity index (χ2v) is 19.7. The molecule has 0 aromatic heterocycles. The zero-order chi connectivity index (χ0) is 40.5. The summed E-state index contributed by atoms with van der Waals surface area (Å²) in [5.41, 5.74) is -2.07. The number of likely N-dealkylation sites (tertiary alicyclic amines) is 2. The highest BCUT2D eigenvalue weighted by Gasteiger charge is 2.67. The second kappa shape index (κ2) is 14.5. The average Bonchev–Trinajstić information content (AvgIpc) is 3.63. The van der Waals surface area contributed by atoms with E-state index in [9.17, 15) is 19.2 Å². The van der Waals surface area contributed by atoms with Crippen LogP contribution < -0.4 is 9.47 Å². The molecule has 3 aliphatic heterocycles. The van der Waals surface area contributed by atoms with Gasteiger partial charge in [0.2, 0.25) is 5.91 Å². The molecule has 6 aliphatic rings. The highest BCUT2D eigenvalue weighted by molar-refractivity contribution is 6.45. The maximum Gasteiger partial charge on any atom is 0.514 e. The molecule has 0 spiro atoms. The van der Waals surface area contributed by atoms with Crippen LogP contribution in [0.1, 0.15) is 125 Å². The van der Waals surface area contributed by atoms with Gasteiger partial charge in [-0.3, -0.25) is 9.69 Å². The summed E-state index contributed by atoms with van der Waals surface area (Å²) >= 11 is 0. The molecule has 55 heavy (non-hydrogen) atoms. The fourth-order valence-electron chi connectivity index (χ4n) is 8.89. The number of carbonyl (C=O) groups is 4. The summed E-state index contributed by atoms with van der Waals surface area (Å²) in [7, 11) is -0.468. The summed E-state index contributed by atoms with van der Waals surface area (Å²) in [6.07, 6.45) is 2.24. The zero-order valence-corrected chi connectivity index (χ0v) is 34.9. The van der Waals surface area contributed by atoms with E-state index >= 15 is 0 Å². The molecule has 2 amide bonds. The number of ether oxygens (including phenoxy) is 5. The normalized spacial score (nSPS) is 27.5. The SMILES string of the molecule is CC(C)(C)OC(=O)Oc1c(CCB2O[C@@H]3C[C@@H]4C[C@@H](C4(C)C)[C@]3(C)O2)ccc(OC2CN(C(=O)[C@H]3CCCN3C(=O)OC(C)(C)C)C2)c1C(=O)OC(C)(C)C. The minimum absolute atomic E-state index is 0.0165. The van der Waals surface area contributed by atoms with Crippen molar-refractivity contribution in [3.63, 3.8) is 0 Å². The van der Waals surface area contributed by atoms with Crippen LogP contribution in [0.2, 0.25) is 6.32 Å². The fourth-order valence-corrected chi connectivity index (χ4v) is 8.89. The van der Waals surface area contributed by atoms with Gasteiger partial charge < -0.3 is 37.9 Å². The van der Waals surface area contributed by atoms with Crippen molar-refractivity contribution in [2.45, 2.75) is 162 Å². The standard InChI is InChI=1S/C41H61BN2O11/c1-37(2,3)51-34(46)31-28(49-26-22-43(23-26)33(45)27-14-13-19-44(27)35(47)52-38(4,5)6)16-15-24(32(31)50-36(48)53-39(7,8)9)17-18-42-54-30-21-25-20-29(40(25,10)11)41(30,12)55-42/h15-16,25-27,29-30H,13-14,17-23H2,1-12H3/t25-,27+,29-,30+,41-/m0/s1. The predicted molar refractivity (Wildman–Crippen MR) is 204 cm³/mol. The first kappa shape index (κ1) is 41.1. The second-order valence-electron chi connectivity index (χ2n) is 19.7. The quantitative estimate of drug-likeness (QED) is 0.115. The van der Waals surface area contributed by atoms with Crippen LogP contribution in [0.25, 0.3) is 0 Å². The Hall–Kier alpha value is -3.52. The molecular weight excluding hydrogens is 707 g/mol. The average molecular weight is 769 g/mol. The van der Waals surface area contributed by atoms with E-state index in [1.165, 1.54) is 4.90 Å². The van der Waals surface area contributed by atoms with E-state index in [2.05, 4.69) is 20.8 Å². The maximum atomic E-state index is 14.0. The Labute approximate surface area is 326 Å². The van der Waals surface area contributed by atoms with E-state index in [1.807, 2.05) is 0 Å². The van der Waals surface area contributed by atoms with Gasteiger partial charge in [-0.25, -0.2) is 14.4 Å².